The first kappa shape index (κ1) is 40.9. The minimum Gasteiger partial charge on any atom is -0.355 e. The molecule has 0 spiro atoms. The summed E-state index contributed by atoms with van der Waals surface area (Å²) in [5.74, 6) is -2.46. The molecule has 0 fully saturated rings. The maximum Gasteiger partial charge on any atom is 0.292 e. The Labute approximate surface area is 337 Å². The van der Waals surface area contributed by atoms with Crippen molar-refractivity contribution >= 4 is 64.1 Å². The van der Waals surface area contributed by atoms with Gasteiger partial charge in [0.2, 0.25) is 17.6 Å². The molecule has 6 heterocycles. The molecule has 0 aromatic carbocycles. The molecular formula is C37H44N16O6. The molecule has 0 aliphatic carbocycles. The number of carbonyl (C=O) groups is 6. The van der Waals surface area contributed by atoms with Crippen LogP contribution in [-0.2, 0) is 47.1 Å². The van der Waals surface area contributed by atoms with Crippen molar-refractivity contribution in [1.82, 2.24) is 53.0 Å². The van der Waals surface area contributed by atoms with E-state index < -0.39 is 35.6 Å². The molecule has 0 saturated heterocycles. The maximum absolute atomic E-state index is 13.2. The number of hydrogen-bond acceptors (Lipinski definition) is 10. The van der Waals surface area contributed by atoms with E-state index in [1.54, 1.807) is 92.9 Å². The summed E-state index contributed by atoms with van der Waals surface area (Å²) >= 11 is 0. The highest BCUT2D eigenvalue weighted by Gasteiger charge is 2.23. The summed E-state index contributed by atoms with van der Waals surface area (Å²) in [6.07, 6.45) is 13.1. The van der Waals surface area contributed by atoms with Crippen LogP contribution in [0.1, 0.15) is 59.3 Å². The van der Waals surface area contributed by atoms with Crippen LogP contribution in [0.3, 0.4) is 0 Å². The molecule has 59 heavy (non-hydrogen) atoms. The van der Waals surface area contributed by atoms with Crippen molar-refractivity contribution in [3.05, 3.63) is 96.6 Å². The van der Waals surface area contributed by atoms with Gasteiger partial charge in [-0.1, -0.05) is 0 Å². The van der Waals surface area contributed by atoms with Gasteiger partial charge in [0.05, 0.1) is 23.1 Å². The molecule has 1 unspecified atom stereocenters. The standard InChI is InChI=1S/C37H44N16O6/c1-38-24(32(54)42-22-14-26(50(4)17-22)34(56)43-23-15-25(51(5)18-23)33(55)41-21-9-12-48(2)16-21)8-10-40-35(57)30-44-27(19-52(30)6)47-37(59)31-45-28(20-53(31)7)46-36(58)29-39-11-13-49(29)3/h9,11-20,24,38H,8,10H2,1-7H3,(H,40,57)(H,41,55)(H,42,54)(H,43,56)(H,46,58)(H,47,59). The number of anilines is 5. The van der Waals surface area contributed by atoms with E-state index in [1.165, 1.54) is 33.8 Å². The second-order valence-corrected chi connectivity index (χ2v) is 13.7. The highest BCUT2D eigenvalue weighted by atomic mass is 16.2. The number of rotatable bonds is 15. The minimum absolute atomic E-state index is 0.00545. The fourth-order valence-electron chi connectivity index (χ4n) is 6.13. The molecule has 6 amide bonds. The minimum atomic E-state index is -0.718. The zero-order valence-corrected chi connectivity index (χ0v) is 33.3. The first-order chi connectivity index (χ1) is 28.1. The van der Waals surface area contributed by atoms with E-state index in [2.05, 4.69) is 52.2 Å². The summed E-state index contributed by atoms with van der Waals surface area (Å²) in [7, 11) is 11.7. The molecule has 6 aromatic heterocycles. The molecule has 308 valence electrons. The summed E-state index contributed by atoms with van der Waals surface area (Å²) in [6, 6.07) is 4.15. The Morgan fingerprint density at radius 2 is 1.12 bits per heavy atom. The van der Waals surface area contributed by atoms with Crippen molar-refractivity contribution in [3.8, 4) is 0 Å². The number of hydrogen-bond donors (Lipinski definition) is 7. The first-order valence-electron chi connectivity index (χ1n) is 18.1. The molecule has 0 aliphatic rings. The van der Waals surface area contributed by atoms with Gasteiger partial charge in [0.1, 0.15) is 11.4 Å². The SMILES string of the molecule is CNC(CCNC(=O)c1nc(NC(=O)c2nc(NC(=O)c3nccn3C)cn2C)cn1C)C(=O)Nc1cc(C(=O)Nc2cc(C(=O)Nc3ccn(C)c3)n(C)c2)n(C)c1. The zero-order valence-electron chi connectivity index (χ0n) is 33.3. The average molecular weight is 809 g/mol. The van der Waals surface area contributed by atoms with Crippen LogP contribution < -0.4 is 37.2 Å². The molecule has 7 N–H and O–H groups in total. The Morgan fingerprint density at radius 3 is 1.64 bits per heavy atom. The average Bonchev–Trinajstić information content (AvgIpc) is 4.04. The maximum atomic E-state index is 13.2. The number of amides is 6. The van der Waals surface area contributed by atoms with Crippen LogP contribution in [0.15, 0.2) is 67.8 Å². The van der Waals surface area contributed by atoms with Gasteiger partial charge in [0.25, 0.3) is 29.5 Å². The second kappa shape index (κ2) is 17.2. The van der Waals surface area contributed by atoms with Crippen LogP contribution >= 0.6 is 0 Å². The van der Waals surface area contributed by atoms with E-state index in [1.807, 2.05) is 17.8 Å². The van der Waals surface area contributed by atoms with Crippen LogP contribution in [0.4, 0.5) is 28.7 Å². The Kier molecular flexibility index (Phi) is 11.9. The number of nitrogens with zero attached hydrogens (tertiary/aromatic N) is 9. The van der Waals surface area contributed by atoms with Crippen molar-refractivity contribution in [3.63, 3.8) is 0 Å². The third kappa shape index (κ3) is 9.45. The number of imidazole rings is 3. The zero-order chi connectivity index (χ0) is 42.5. The van der Waals surface area contributed by atoms with Crippen molar-refractivity contribution in [1.29, 1.82) is 0 Å². The molecule has 6 rings (SSSR count). The van der Waals surface area contributed by atoms with E-state index in [0.717, 1.165) is 0 Å². The lowest BCUT2D eigenvalue weighted by Crippen LogP contribution is -2.41. The Bertz CT molecular complexity index is 2560. The highest BCUT2D eigenvalue weighted by Crippen LogP contribution is 2.19. The fourth-order valence-corrected chi connectivity index (χ4v) is 6.13. The predicted octanol–water partition coefficient (Wildman–Crippen LogP) is 1.26. The van der Waals surface area contributed by atoms with Gasteiger partial charge in [-0.05, 0) is 31.7 Å². The van der Waals surface area contributed by atoms with Gasteiger partial charge in [-0.15, -0.1) is 0 Å². The van der Waals surface area contributed by atoms with Crippen molar-refractivity contribution in [2.75, 3.05) is 40.2 Å². The van der Waals surface area contributed by atoms with Crippen molar-refractivity contribution in [2.45, 2.75) is 12.5 Å². The predicted molar refractivity (Wildman–Crippen MR) is 216 cm³/mol. The van der Waals surface area contributed by atoms with Gasteiger partial charge in [-0.2, -0.15) is 0 Å². The van der Waals surface area contributed by atoms with E-state index in [9.17, 15) is 28.8 Å². The summed E-state index contributed by atoms with van der Waals surface area (Å²) < 4.78 is 9.39. The van der Waals surface area contributed by atoms with Crippen molar-refractivity contribution < 1.29 is 28.8 Å². The van der Waals surface area contributed by atoms with E-state index >= 15 is 0 Å². The van der Waals surface area contributed by atoms with Crippen LogP contribution in [-0.4, -0.2) is 97.4 Å². The molecule has 0 saturated carbocycles. The molecule has 0 radical (unpaired) electrons. The fraction of sp³-hybridized carbons (Fsp3) is 0.270. The van der Waals surface area contributed by atoms with Gasteiger partial charge in [-0.25, -0.2) is 15.0 Å². The monoisotopic (exact) mass is 808 g/mol. The third-order valence-electron chi connectivity index (χ3n) is 9.14. The Hall–Kier alpha value is -7.75. The molecule has 22 nitrogen and oxygen atoms in total. The quantitative estimate of drug-likeness (QED) is 0.0782. The highest BCUT2D eigenvalue weighted by molar-refractivity contribution is 6.08. The second-order valence-electron chi connectivity index (χ2n) is 13.7. The van der Waals surface area contributed by atoms with Crippen LogP contribution in [0.5, 0.6) is 0 Å². The summed E-state index contributed by atoms with van der Waals surface area (Å²) in [6.45, 7) is 0.0945. The van der Waals surface area contributed by atoms with Crippen molar-refractivity contribution in [2.24, 2.45) is 42.3 Å². The third-order valence-corrected chi connectivity index (χ3v) is 9.14. The molecule has 0 aliphatic heterocycles. The number of aryl methyl sites for hydroxylation is 6. The lowest BCUT2D eigenvalue weighted by molar-refractivity contribution is -0.118. The topological polar surface area (TPSA) is 255 Å². The normalized spacial score (nSPS) is 11.5. The Morgan fingerprint density at radius 1 is 0.576 bits per heavy atom. The first-order valence-corrected chi connectivity index (χ1v) is 18.1. The summed E-state index contributed by atoms with van der Waals surface area (Å²) in [5, 5.41) is 19.3. The van der Waals surface area contributed by atoms with Gasteiger partial charge in [0, 0.05) is 98.4 Å². The van der Waals surface area contributed by atoms with Crippen LogP contribution in [0.2, 0.25) is 0 Å². The number of likely N-dealkylation sites (N-methyl/N-ethyl adjacent to an activating group) is 1. The van der Waals surface area contributed by atoms with E-state index in [4.69, 9.17) is 0 Å². The van der Waals surface area contributed by atoms with Gasteiger partial charge >= 0.3 is 0 Å². The molecule has 6 aromatic rings. The smallest absolute Gasteiger partial charge is 0.292 e. The lowest BCUT2D eigenvalue weighted by Gasteiger charge is -2.15. The number of aromatic nitrogens is 9. The summed E-state index contributed by atoms with van der Waals surface area (Å²) in [4.78, 5) is 90.3. The van der Waals surface area contributed by atoms with Gasteiger partial charge in [-0.3, -0.25) is 28.8 Å². The van der Waals surface area contributed by atoms with Crippen LogP contribution in [0, 0.1) is 0 Å². The molecule has 22 heteroatoms. The van der Waals surface area contributed by atoms with Gasteiger partial charge < -0.3 is 64.6 Å². The summed E-state index contributed by atoms with van der Waals surface area (Å²) in [5.41, 5.74) is 2.03. The number of nitrogens with one attached hydrogen (secondary N) is 7. The van der Waals surface area contributed by atoms with Crippen LogP contribution in [0.25, 0.3) is 0 Å². The van der Waals surface area contributed by atoms with E-state index in [-0.39, 0.29) is 53.7 Å². The van der Waals surface area contributed by atoms with Gasteiger partial charge in [0.15, 0.2) is 17.5 Å². The molecule has 0 bridgehead atoms. The largest absolute Gasteiger partial charge is 0.355 e. The number of carbonyl (C=O) groups excluding carboxylic acids is 6. The molecule has 1 atom stereocenters. The lowest BCUT2D eigenvalue weighted by atomic mass is 10.2. The Balaban J connectivity index is 0.980. The van der Waals surface area contributed by atoms with E-state index in [0.29, 0.717) is 22.8 Å². The molecular weight excluding hydrogens is 765 g/mol.